The summed E-state index contributed by atoms with van der Waals surface area (Å²) in [5, 5.41) is 25.9. The molecule has 0 spiro atoms. The normalized spacial score (nSPS) is 28.5. The summed E-state index contributed by atoms with van der Waals surface area (Å²) in [7, 11) is 1.74. The molecule has 0 bridgehead atoms. The van der Waals surface area contributed by atoms with Crippen LogP contribution in [0.15, 0.2) is 0 Å². The minimum atomic E-state index is -0.645. The van der Waals surface area contributed by atoms with E-state index in [-0.39, 0.29) is 0 Å². The second kappa shape index (κ2) is 5.75. The fourth-order valence-electron chi connectivity index (χ4n) is 2.57. The molecule has 1 aromatic heterocycles. The summed E-state index contributed by atoms with van der Waals surface area (Å²) >= 11 is 0. The van der Waals surface area contributed by atoms with Crippen molar-refractivity contribution in [3.63, 3.8) is 0 Å². The lowest BCUT2D eigenvalue weighted by atomic mass is 9.80. The molecule has 18 heavy (non-hydrogen) atoms. The lowest BCUT2D eigenvalue weighted by Gasteiger charge is -2.35. The molecule has 0 aromatic carbocycles. The van der Waals surface area contributed by atoms with Gasteiger partial charge in [0.2, 0.25) is 0 Å². The molecule has 0 aliphatic heterocycles. The largest absolute Gasteiger partial charge is 0.389 e. The maximum atomic E-state index is 10.5. The van der Waals surface area contributed by atoms with Crippen LogP contribution in [0, 0.1) is 0 Å². The molecule has 0 amide bonds. The Bertz CT molecular complexity index is 370. The minimum Gasteiger partial charge on any atom is -0.389 e. The SMILES string of the molecule is CCCNC1CCC(O)(Cc2nnn(C)n2)CC1. The Labute approximate surface area is 108 Å². The Balaban J connectivity index is 1.83. The van der Waals surface area contributed by atoms with Crippen LogP contribution in [0.3, 0.4) is 0 Å². The predicted octanol–water partition coefficient (Wildman–Crippen LogP) is 0.426. The smallest absolute Gasteiger partial charge is 0.177 e. The monoisotopic (exact) mass is 253 g/mol. The zero-order valence-corrected chi connectivity index (χ0v) is 11.3. The molecular weight excluding hydrogens is 230 g/mol. The number of nitrogens with one attached hydrogen (secondary N) is 1. The number of hydrogen-bond donors (Lipinski definition) is 2. The molecule has 0 saturated heterocycles. The summed E-state index contributed by atoms with van der Waals surface area (Å²) in [5.41, 5.74) is -0.645. The lowest BCUT2D eigenvalue weighted by Crippen LogP contribution is -2.43. The topological polar surface area (TPSA) is 75.9 Å². The molecule has 1 aliphatic rings. The van der Waals surface area contributed by atoms with E-state index in [0.29, 0.717) is 18.3 Å². The Hall–Kier alpha value is -1.01. The zero-order chi connectivity index (χ0) is 13.0. The summed E-state index contributed by atoms with van der Waals surface area (Å²) in [4.78, 5) is 1.44. The summed E-state index contributed by atoms with van der Waals surface area (Å²) in [6.07, 6.45) is 5.35. The van der Waals surface area contributed by atoms with Crippen LogP contribution in [0.2, 0.25) is 0 Å². The molecule has 0 atom stereocenters. The summed E-state index contributed by atoms with van der Waals surface area (Å²) < 4.78 is 0. The van der Waals surface area contributed by atoms with Gasteiger partial charge in [0.1, 0.15) is 0 Å². The Morgan fingerprint density at radius 1 is 1.44 bits per heavy atom. The first kappa shape index (κ1) is 13.4. The van der Waals surface area contributed by atoms with E-state index in [4.69, 9.17) is 0 Å². The first-order valence-electron chi connectivity index (χ1n) is 6.80. The number of aromatic nitrogens is 4. The van der Waals surface area contributed by atoms with Crippen LogP contribution in [-0.4, -0.2) is 43.5 Å². The molecule has 1 saturated carbocycles. The van der Waals surface area contributed by atoms with E-state index in [1.807, 2.05) is 0 Å². The highest BCUT2D eigenvalue weighted by molar-refractivity contribution is 4.95. The molecule has 2 rings (SSSR count). The van der Waals surface area contributed by atoms with Crippen molar-refractivity contribution in [3.8, 4) is 0 Å². The van der Waals surface area contributed by atoms with Gasteiger partial charge in [-0.25, -0.2) is 0 Å². The standard InChI is InChI=1S/C12H23N5O/c1-3-8-13-10-4-6-12(18,7-5-10)9-11-14-16-17(2)15-11/h10,13,18H,3-9H2,1-2H3. The molecule has 0 unspecified atom stereocenters. The molecule has 1 aromatic rings. The van der Waals surface area contributed by atoms with Gasteiger partial charge in [0.15, 0.2) is 5.82 Å². The van der Waals surface area contributed by atoms with Crippen molar-refractivity contribution in [2.45, 2.75) is 57.1 Å². The van der Waals surface area contributed by atoms with Crippen LogP contribution < -0.4 is 5.32 Å². The van der Waals surface area contributed by atoms with Crippen LogP contribution in [0.1, 0.15) is 44.9 Å². The number of tetrazole rings is 1. The van der Waals surface area contributed by atoms with Crippen molar-refractivity contribution in [2.24, 2.45) is 7.05 Å². The fraction of sp³-hybridized carbons (Fsp3) is 0.917. The van der Waals surface area contributed by atoms with E-state index in [9.17, 15) is 5.11 Å². The number of aryl methyl sites for hydroxylation is 1. The third kappa shape index (κ3) is 3.49. The average Bonchev–Trinajstić information content (AvgIpc) is 2.74. The highest BCUT2D eigenvalue weighted by atomic mass is 16.3. The van der Waals surface area contributed by atoms with Crippen LogP contribution in [0.4, 0.5) is 0 Å². The molecule has 2 N–H and O–H groups in total. The van der Waals surface area contributed by atoms with Gasteiger partial charge in [0.25, 0.3) is 0 Å². The predicted molar refractivity (Wildman–Crippen MR) is 68.0 cm³/mol. The third-order valence-corrected chi connectivity index (χ3v) is 3.64. The van der Waals surface area contributed by atoms with Gasteiger partial charge < -0.3 is 10.4 Å². The van der Waals surface area contributed by atoms with Gasteiger partial charge in [-0.2, -0.15) is 4.80 Å². The second-order valence-electron chi connectivity index (χ2n) is 5.32. The highest BCUT2D eigenvalue weighted by Crippen LogP contribution is 2.30. The maximum absolute atomic E-state index is 10.5. The van der Waals surface area contributed by atoms with Gasteiger partial charge in [-0.15, -0.1) is 10.2 Å². The average molecular weight is 253 g/mol. The molecule has 1 fully saturated rings. The van der Waals surface area contributed by atoms with Gasteiger partial charge in [0.05, 0.1) is 12.6 Å². The van der Waals surface area contributed by atoms with Gasteiger partial charge in [0, 0.05) is 12.5 Å². The van der Waals surface area contributed by atoms with E-state index in [0.717, 1.165) is 38.6 Å². The summed E-state index contributed by atoms with van der Waals surface area (Å²) in [5.74, 6) is 0.639. The van der Waals surface area contributed by atoms with Crippen molar-refractivity contribution >= 4 is 0 Å². The van der Waals surface area contributed by atoms with E-state index < -0.39 is 5.60 Å². The number of hydrogen-bond acceptors (Lipinski definition) is 5. The molecule has 0 radical (unpaired) electrons. The van der Waals surface area contributed by atoms with Crippen molar-refractivity contribution in [1.29, 1.82) is 0 Å². The first-order chi connectivity index (χ1) is 8.61. The van der Waals surface area contributed by atoms with E-state index in [1.165, 1.54) is 4.80 Å². The molecule has 6 nitrogen and oxygen atoms in total. The van der Waals surface area contributed by atoms with E-state index >= 15 is 0 Å². The van der Waals surface area contributed by atoms with Crippen molar-refractivity contribution in [3.05, 3.63) is 5.82 Å². The summed E-state index contributed by atoms with van der Waals surface area (Å²) in [6.45, 7) is 3.24. The lowest BCUT2D eigenvalue weighted by molar-refractivity contribution is -0.00474. The van der Waals surface area contributed by atoms with Crippen LogP contribution in [0.5, 0.6) is 0 Å². The van der Waals surface area contributed by atoms with Crippen LogP contribution in [-0.2, 0) is 13.5 Å². The maximum Gasteiger partial charge on any atom is 0.177 e. The third-order valence-electron chi connectivity index (χ3n) is 3.64. The van der Waals surface area contributed by atoms with Gasteiger partial charge in [-0.05, 0) is 43.9 Å². The molecule has 6 heteroatoms. The first-order valence-corrected chi connectivity index (χ1v) is 6.80. The van der Waals surface area contributed by atoms with Crippen molar-refractivity contribution in [1.82, 2.24) is 25.5 Å². The molecular formula is C12H23N5O. The van der Waals surface area contributed by atoms with Crippen molar-refractivity contribution in [2.75, 3.05) is 6.54 Å². The Morgan fingerprint density at radius 2 is 2.17 bits per heavy atom. The number of aliphatic hydroxyl groups is 1. The van der Waals surface area contributed by atoms with E-state index in [1.54, 1.807) is 7.05 Å². The van der Waals surface area contributed by atoms with E-state index in [2.05, 4.69) is 27.7 Å². The zero-order valence-electron chi connectivity index (χ0n) is 11.3. The Morgan fingerprint density at radius 3 is 2.72 bits per heavy atom. The van der Waals surface area contributed by atoms with Gasteiger partial charge in [-0.1, -0.05) is 6.92 Å². The Kier molecular flexibility index (Phi) is 4.29. The summed E-state index contributed by atoms with van der Waals surface area (Å²) in [6, 6.07) is 0.556. The van der Waals surface area contributed by atoms with Crippen LogP contribution >= 0.6 is 0 Å². The van der Waals surface area contributed by atoms with Crippen LogP contribution in [0.25, 0.3) is 0 Å². The fourth-order valence-corrected chi connectivity index (χ4v) is 2.57. The number of rotatable bonds is 5. The molecule has 102 valence electrons. The molecule has 1 heterocycles. The number of nitrogens with zero attached hydrogens (tertiary/aromatic N) is 4. The van der Waals surface area contributed by atoms with Crippen molar-refractivity contribution < 1.29 is 5.11 Å². The van der Waals surface area contributed by atoms with Gasteiger partial charge in [-0.3, -0.25) is 0 Å². The highest BCUT2D eigenvalue weighted by Gasteiger charge is 2.34. The molecule has 1 aliphatic carbocycles. The second-order valence-corrected chi connectivity index (χ2v) is 5.32. The minimum absolute atomic E-state index is 0.515. The quantitative estimate of drug-likeness (QED) is 0.795. The van der Waals surface area contributed by atoms with Gasteiger partial charge >= 0.3 is 0 Å².